The number of benzene rings is 3. The molecule has 0 aliphatic rings. The standard InChI is InChI=1S/C32H41N3O4S/c1-6-7-20-35(30(37)27(19-21-40-5)34-31(38)39-32(2,3)4)28(24-14-9-8-10-15-24)29(36)33-26-18-17-23-13-11-12-16-25(23)22-26/h8-18,22,27-28H,6-7,19-21H2,1-5H3,(H,33,36)(H,34,38). The van der Waals surface area contributed by atoms with Gasteiger partial charge in [0, 0.05) is 12.2 Å². The number of anilines is 1. The van der Waals surface area contributed by atoms with E-state index in [1.807, 2.05) is 86.0 Å². The van der Waals surface area contributed by atoms with E-state index in [4.69, 9.17) is 4.74 Å². The smallest absolute Gasteiger partial charge is 0.408 e. The Kier molecular flexibility index (Phi) is 11.4. The van der Waals surface area contributed by atoms with Crippen LogP contribution in [0, 0.1) is 0 Å². The minimum absolute atomic E-state index is 0.309. The molecular formula is C32H41N3O4S. The van der Waals surface area contributed by atoms with Gasteiger partial charge in [-0.1, -0.05) is 74.0 Å². The van der Waals surface area contributed by atoms with Crippen LogP contribution >= 0.6 is 11.8 Å². The van der Waals surface area contributed by atoms with Crippen molar-refractivity contribution < 1.29 is 19.1 Å². The number of hydrogen-bond acceptors (Lipinski definition) is 5. The highest BCUT2D eigenvalue weighted by Crippen LogP contribution is 2.27. The molecule has 0 heterocycles. The van der Waals surface area contributed by atoms with Crippen LogP contribution in [0.25, 0.3) is 10.8 Å². The van der Waals surface area contributed by atoms with Gasteiger partial charge in [-0.25, -0.2) is 4.79 Å². The number of unbranched alkanes of at least 4 members (excludes halogenated alkanes) is 1. The van der Waals surface area contributed by atoms with Crippen molar-refractivity contribution in [2.75, 3.05) is 23.9 Å². The highest BCUT2D eigenvalue weighted by molar-refractivity contribution is 7.98. The summed E-state index contributed by atoms with van der Waals surface area (Å²) in [5.74, 6) is 0.0373. The van der Waals surface area contributed by atoms with E-state index in [2.05, 4.69) is 10.6 Å². The van der Waals surface area contributed by atoms with Gasteiger partial charge in [-0.05, 0) is 74.1 Å². The van der Waals surface area contributed by atoms with Gasteiger partial charge >= 0.3 is 6.09 Å². The predicted octanol–water partition coefficient (Wildman–Crippen LogP) is 6.79. The molecule has 0 saturated heterocycles. The fourth-order valence-electron chi connectivity index (χ4n) is 4.42. The molecule has 0 spiro atoms. The zero-order valence-corrected chi connectivity index (χ0v) is 24.9. The van der Waals surface area contributed by atoms with Crippen LogP contribution in [0.1, 0.15) is 58.6 Å². The molecule has 2 unspecified atom stereocenters. The van der Waals surface area contributed by atoms with Gasteiger partial charge in [0.1, 0.15) is 17.7 Å². The van der Waals surface area contributed by atoms with Crippen molar-refractivity contribution in [2.24, 2.45) is 0 Å². The summed E-state index contributed by atoms with van der Waals surface area (Å²) in [6.45, 7) is 7.75. The quantitative estimate of drug-likeness (QED) is 0.253. The van der Waals surface area contributed by atoms with Crippen LogP contribution in [0.5, 0.6) is 0 Å². The van der Waals surface area contributed by atoms with Gasteiger partial charge in [0.05, 0.1) is 0 Å². The first-order valence-electron chi connectivity index (χ1n) is 13.8. The molecule has 0 bridgehead atoms. The third kappa shape index (κ3) is 9.01. The number of rotatable bonds is 12. The Bertz CT molecular complexity index is 1280. The van der Waals surface area contributed by atoms with Crippen molar-refractivity contribution in [3.63, 3.8) is 0 Å². The monoisotopic (exact) mass is 563 g/mol. The van der Waals surface area contributed by atoms with Crippen molar-refractivity contribution in [1.82, 2.24) is 10.2 Å². The Labute approximate surface area is 242 Å². The van der Waals surface area contributed by atoms with Crippen LogP contribution in [0.15, 0.2) is 72.8 Å². The summed E-state index contributed by atoms with van der Waals surface area (Å²) in [5, 5.41) is 7.91. The Hall–Kier alpha value is -3.52. The first kappa shape index (κ1) is 31.0. The van der Waals surface area contributed by atoms with Crippen molar-refractivity contribution in [3.8, 4) is 0 Å². The summed E-state index contributed by atoms with van der Waals surface area (Å²) >= 11 is 1.59. The van der Waals surface area contributed by atoms with E-state index in [-0.39, 0.29) is 11.8 Å². The molecule has 0 radical (unpaired) electrons. The summed E-state index contributed by atoms with van der Waals surface area (Å²) in [5.41, 5.74) is 0.648. The second-order valence-corrected chi connectivity index (χ2v) is 11.7. The Morgan fingerprint density at radius 1 is 0.950 bits per heavy atom. The molecule has 3 aromatic rings. The van der Waals surface area contributed by atoms with Crippen LogP contribution in [-0.4, -0.2) is 53.0 Å². The number of hydrogen-bond donors (Lipinski definition) is 2. The number of fused-ring (bicyclic) bond motifs is 1. The lowest BCUT2D eigenvalue weighted by Crippen LogP contribution is -2.52. The molecule has 0 saturated carbocycles. The van der Waals surface area contributed by atoms with Gasteiger partial charge in [0.15, 0.2) is 0 Å². The second-order valence-electron chi connectivity index (χ2n) is 10.7. The summed E-state index contributed by atoms with van der Waals surface area (Å²) in [6.07, 6.45) is 3.26. The number of nitrogens with one attached hydrogen (secondary N) is 2. The van der Waals surface area contributed by atoms with Crippen molar-refractivity contribution in [2.45, 2.75) is 64.6 Å². The molecule has 2 atom stereocenters. The van der Waals surface area contributed by atoms with Gasteiger partial charge in [-0.15, -0.1) is 0 Å². The minimum Gasteiger partial charge on any atom is -0.444 e. The van der Waals surface area contributed by atoms with E-state index in [0.29, 0.717) is 36.4 Å². The molecule has 0 aromatic heterocycles. The maximum Gasteiger partial charge on any atom is 0.408 e. The average Bonchev–Trinajstić information content (AvgIpc) is 2.92. The number of amides is 3. The van der Waals surface area contributed by atoms with E-state index >= 15 is 0 Å². The average molecular weight is 564 g/mol. The lowest BCUT2D eigenvalue weighted by atomic mass is 10.0. The molecule has 0 fully saturated rings. The molecule has 214 valence electrons. The fourth-order valence-corrected chi connectivity index (χ4v) is 4.90. The second kappa shape index (κ2) is 14.7. The topological polar surface area (TPSA) is 87.7 Å². The van der Waals surface area contributed by atoms with Gasteiger partial charge in [-0.3, -0.25) is 9.59 Å². The van der Waals surface area contributed by atoms with E-state index < -0.39 is 23.8 Å². The number of thioether (sulfide) groups is 1. The summed E-state index contributed by atoms with van der Waals surface area (Å²) in [6, 6.07) is 21.3. The zero-order chi connectivity index (χ0) is 29.1. The van der Waals surface area contributed by atoms with Crippen molar-refractivity contribution >= 4 is 46.1 Å². The molecule has 40 heavy (non-hydrogen) atoms. The highest BCUT2D eigenvalue weighted by atomic mass is 32.2. The molecule has 3 aromatic carbocycles. The molecule has 7 nitrogen and oxygen atoms in total. The lowest BCUT2D eigenvalue weighted by Gasteiger charge is -2.34. The van der Waals surface area contributed by atoms with Crippen LogP contribution in [-0.2, 0) is 14.3 Å². The van der Waals surface area contributed by atoms with Crippen LogP contribution in [0.3, 0.4) is 0 Å². The summed E-state index contributed by atoms with van der Waals surface area (Å²) < 4.78 is 5.46. The van der Waals surface area contributed by atoms with Crippen LogP contribution in [0.2, 0.25) is 0 Å². The van der Waals surface area contributed by atoms with Crippen molar-refractivity contribution in [3.05, 3.63) is 78.4 Å². The number of carbonyl (C=O) groups is 3. The summed E-state index contributed by atoms with van der Waals surface area (Å²) in [7, 11) is 0. The van der Waals surface area contributed by atoms with E-state index in [1.54, 1.807) is 37.4 Å². The molecule has 0 aliphatic heterocycles. The first-order valence-corrected chi connectivity index (χ1v) is 15.2. The van der Waals surface area contributed by atoms with Crippen LogP contribution in [0.4, 0.5) is 10.5 Å². The molecule has 3 amide bonds. The van der Waals surface area contributed by atoms with Crippen LogP contribution < -0.4 is 10.6 Å². The lowest BCUT2D eigenvalue weighted by molar-refractivity contribution is -0.141. The normalized spacial score (nSPS) is 12.8. The van der Waals surface area contributed by atoms with E-state index in [9.17, 15) is 14.4 Å². The highest BCUT2D eigenvalue weighted by Gasteiger charge is 2.36. The number of alkyl carbamates (subject to hydrolysis) is 1. The third-order valence-corrected chi connectivity index (χ3v) is 6.97. The van der Waals surface area contributed by atoms with Gasteiger partial charge in [0.25, 0.3) is 5.91 Å². The number of nitrogens with zero attached hydrogens (tertiary/aromatic N) is 1. The van der Waals surface area contributed by atoms with Crippen molar-refractivity contribution in [1.29, 1.82) is 0 Å². The largest absolute Gasteiger partial charge is 0.444 e. The first-order chi connectivity index (χ1) is 19.1. The van der Waals surface area contributed by atoms with E-state index in [1.165, 1.54) is 0 Å². The SMILES string of the molecule is CCCCN(C(=O)C(CCSC)NC(=O)OC(C)(C)C)C(C(=O)Nc1ccc2ccccc2c1)c1ccccc1. The Morgan fingerprint density at radius 3 is 2.27 bits per heavy atom. The van der Waals surface area contributed by atoms with Gasteiger partial charge in [-0.2, -0.15) is 11.8 Å². The number of carbonyl (C=O) groups excluding carboxylic acids is 3. The molecular weight excluding hydrogens is 522 g/mol. The summed E-state index contributed by atoms with van der Waals surface area (Å²) in [4.78, 5) is 42.5. The molecule has 0 aliphatic carbocycles. The predicted molar refractivity (Wildman–Crippen MR) is 165 cm³/mol. The van der Waals surface area contributed by atoms with Gasteiger partial charge in [0.2, 0.25) is 5.91 Å². The zero-order valence-electron chi connectivity index (χ0n) is 24.1. The molecule has 2 N–H and O–H groups in total. The Balaban J connectivity index is 1.97. The maximum absolute atomic E-state index is 14.2. The number of ether oxygens (including phenoxy) is 1. The van der Waals surface area contributed by atoms with Gasteiger partial charge < -0.3 is 20.3 Å². The third-order valence-electron chi connectivity index (χ3n) is 6.33. The fraction of sp³-hybridized carbons (Fsp3) is 0.406. The Morgan fingerprint density at radius 2 is 1.62 bits per heavy atom. The maximum atomic E-state index is 14.2. The molecule has 3 rings (SSSR count). The van der Waals surface area contributed by atoms with E-state index in [0.717, 1.165) is 17.2 Å². The molecule has 8 heteroatoms. The minimum atomic E-state index is -0.885.